The first kappa shape index (κ1) is 38.8. The van der Waals surface area contributed by atoms with Crippen molar-refractivity contribution in [3.05, 3.63) is 217 Å². The van der Waals surface area contributed by atoms with Crippen molar-refractivity contribution in [3.63, 3.8) is 0 Å². The largest absolute Gasteiger partial charge is 0.306 e. The Morgan fingerprint density at radius 2 is 0.776 bits per heavy atom. The van der Waals surface area contributed by atoms with Crippen LogP contribution in [0.3, 0.4) is 0 Å². The minimum atomic E-state index is 0.671. The van der Waals surface area contributed by atoms with Crippen LogP contribution in [0.5, 0.6) is 0 Å². The highest BCUT2D eigenvalue weighted by atomic mass is 15.1. The molecule has 0 bridgehead atoms. The number of pyridine rings is 1. The van der Waals surface area contributed by atoms with Gasteiger partial charge in [0.1, 0.15) is 0 Å². The van der Waals surface area contributed by atoms with Crippen LogP contribution in [0.4, 0.5) is 0 Å². The van der Waals surface area contributed by atoms with Crippen LogP contribution in [-0.4, -0.2) is 28.7 Å². The Labute approximate surface area is 387 Å². The Morgan fingerprint density at radius 3 is 1.30 bits per heavy atom. The maximum atomic E-state index is 5.51. The van der Waals surface area contributed by atoms with Crippen LogP contribution < -0.4 is 0 Å². The molecule has 0 unspecified atom stereocenters. The van der Waals surface area contributed by atoms with Crippen LogP contribution in [0.2, 0.25) is 0 Å². The first-order valence-electron chi connectivity index (χ1n) is 23.0. The summed E-state index contributed by atoms with van der Waals surface area (Å²) in [6.07, 6.45) is 1.91. The summed E-state index contributed by atoms with van der Waals surface area (Å²) >= 11 is 0. The van der Waals surface area contributed by atoms with Gasteiger partial charge in [0.25, 0.3) is 0 Å². The quantitative estimate of drug-likeness (QED) is 0.167. The van der Waals surface area contributed by atoms with E-state index in [1.54, 1.807) is 0 Å². The number of hydrogen-bond donors (Lipinski definition) is 0. The molecule has 0 aliphatic heterocycles. The number of aryl methyl sites for hydroxylation is 4. The summed E-state index contributed by atoms with van der Waals surface area (Å²) in [5.41, 5.74) is 20.3. The van der Waals surface area contributed by atoms with Crippen molar-refractivity contribution in [1.82, 2.24) is 28.7 Å². The fourth-order valence-corrected chi connectivity index (χ4v) is 10.8. The van der Waals surface area contributed by atoms with Crippen LogP contribution >= 0.6 is 0 Å². The fourth-order valence-electron chi connectivity index (χ4n) is 10.8. The summed E-state index contributed by atoms with van der Waals surface area (Å²) < 4.78 is 7.55. The molecule has 0 aliphatic rings. The molecule has 0 saturated heterocycles. The first-order valence-corrected chi connectivity index (χ1v) is 23.0. The van der Waals surface area contributed by atoms with Crippen LogP contribution in [-0.2, 0) is 0 Å². The van der Waals surface area contributed by atoms with Gasteiger partial charge in [0.2, 0.25) is 0 Å². The molecule has 6 heteroatoms. The topological polar surface area (TPSA) is 53.5 Å². The van der Waals surface area contributed by atoms with Gasteiger partial charge in [0.05, 0.1) is 67.1 Å². The molecule has 318 valence electrons. The monoisotopic (exact) mass is 860 g/mol. The summed E-state index contributed by atoms with van der Waals surface area (Å²) in [4.78, 5) is 15.8. The maximum Gasteiger partial charge on any atom is 0.160 e. The van der Waals surface area contributed by atoms with E-state index in [-0.39, 0.29) is 0 Å². The molecule has 0 atom stereocenters. The standard InChI is InChI=1S/C61H44N6/c1-37-18-13-27-44-45-28-14-19-38(2)57(45)66(56(37)44)53-34-43(50-36-49(41-22-7-5-8-23-41)63-61(64-50)42-24-9-6-10-25-42)35-54(60(53)65-51-31-12-11-26-48(51)55-52(65)32-17-33-62-55)67-58-39(3)20-15-29-46(58)47-30-16-21-40(4)59(47)67/h5-36H,1-4H3. The van der Waals surface area contributed by atoms with Gasteiger partial charge < -0.3 is 13.7 Å². The molecule has 0 amide bonds. The minimum Gasteiger partial charge on any atom is -0.306 e. The lowest BCUT2D eigenvalue weighted by Gasteiger charge is -2.24. The second kappa shape index (κ2) is 15.0. The second-order valence-electron chi connectivity index (χ2n) is 17.8. The van der Waals surface area contributed by atoms with Crippen LogP contribution in [0.25, 0.3) is 117 Å². The van der Waals surface area contributed by atoms with Crippen molar-refractivity contribution in [1.29, 1.82) is 0 Å². The predicted molar refractivity (Wildman–Crippen MR) is 278 cm³/mol. The molecule has 0 spiro atoms. The highest BCUT2D eigenvalue weighted by Crippen LogP contribution is 2.46. The van der Waals surface area contributed by atoms with E-state index >= 15 is 0 Å². The van der Waals surface area contributed by atoms with E-state index in [0.717, 1.165) is 67.1 Å². The number of rotatable bonds is 6. The number of benzene rings is 8. The van der Waals surface area contributed by atoms with E-state index in [0.29, 0.717) is 5.82 Å². The Morgan fingerprint density at radius 1 is 0.343 bits per heavy atom. The molecule has 5 aromatic heterocycles. The molecule has 67 heavy (non-hydrogen) atoms. The SMILES string of the molecule is Cc1cccc2c3cccc(C)c3n(-c3cc(-c4cc(-c5ccccc5)nc(-c5ccccc5)n4)cc(-n4c5c(C)cccc5c5cccc(C)c54)c3-n3c4ccccc4c4ncccc43)c12. The van der Waals surface area contributed by atoms with E-state index in [1.165, 1.54) is 65.9 Å². The third kappa shape index (κ3) is 5.86. The Hall–Kier alpha value is -8.61. The Bertz CT molecular complexity index is 3760. The average Bonchev–Trinajstić information content (AvgIpc) is 4.02. The average molecular weight is 861 g/mol. The molecule has 0 radical (unpaired) electrons. The van der Waals surface area contributed by atoms with Crippen LogP contribution in [0.15, 0.2) is 194 Å². The van der Waals surface area contributed by atoms with Crippen molar-refractivity contribution in [2.75, 3.05) is 0 Å². The second-order valence-corrected chi connectivity index (χ2v) is 17.8. The predicted octanol–water partition coefficient (Wildman–Crippen LogP) is 15.4. The smallest absolute Gasteiger partial charge is 0.160 e. The Balaban J connectivity index is 1.30. The molecule has 13 rings (SSSR count). The van der Waals surface area contributed by atoms with Crippen molar-refractivity contribution in [2.24, 2.45) is 0 Å². The molecule has 8 aromatic carbocycles. The number of para-hydroxylation sites is 5. The first-order chi connectivity index (χ1) is 32.9. The van der Waals surface area contributed by atoms with E-state index in [2.05, 4.69) is 223 Å². The summed E-state index contributed by atoms with van der Waals surface area (Å²) in [7, 11) is 0. The number of hydrogen-bond acceptors (Lipinski definition) is 3. The number of fused-ring (bicyclic) bond motifs is 9. The lowest BCUT2D eigenvalue weighted by molar-refractivity contribution is 1.04. The highest BCUT2D eigenvalue weighted by molar-refractivity contribution is 6.15. The van der Waals surface area contributed by atoms with E-state index in [4.69, 9.17) is 15.0 Å². The van der Waals surface area contributed by atoms with Crippen molar-refractivity contribution in [3.8, 4) is 51.0 Å². The summed E-state index contributed by atoms with van der Waals surface area (Å²) in [5.74, 6) is 0.671. The minimum absolute atomic E-state index is 0.671. The van der Waals surface area contributed by atoms with Crippen molar-refractivity contribution >= 4 is 65.5 Å². The lowest BCUT2D eigenvalue weighted by Crippen LogP contribution is -2.11. The zero-order chi connectivity index (χ0) is 44.9. The van der Waals surface area contributed by atoms with E-state index in [1.807, 2.05) is 12.3 Å². The van der Waals surface area contributed by atoms with E-state index < -0.39 is 0 Å². The lowest BCUT2D eigenvalue weighted by atomic mass is 10.0. The van der Waals surface area contributed by atoms with Gasteiger partial charge in [0.15, 0.2) is 5.82 Å². The number of nitrogens with zero attached hydrogens (tertiary/aromatic N) is 6. The van der Waals surface area contributed by atoms with Gasteiger partial charge in [-0.15, -0.1) is 0 Å². The van der Waals surface area contributed by atoms with Gasteiger partial charge in [-0.05, 0) is 86.3 Å². The van der Waals surface area contributed by atoms with Crippen molar-refractivity contribution in [2.45, 2.75) is 27.7 Å². The molecule has 0 N–H and O–H groups in total. The van der Waals surface area contributed by atoms with Gasteiger partial charge in [-0.25, -0.2) is 9.97 Å². The molecular weight excluding hydrogens is 817 g/mol. The summed E-state index contributed by atoms with van der Waals surface area (Å²) in [6.45, 7) is 8.96. The summed E-state index contributed by atoms with van der Waals surface area (Å²) in [6, 6.07) is 67.5. The van der Waals surface area contributed by atoms with Gasteiger partial charge in [-0.2, -0.15) is 0 Å². The highest BCUT2D eigenvalue weighted by Gasteiger charge is 2.28. The van der Waals surface area contributed by atoms with Gasteiger partial charge in [-0.1, -0.05) is 152 Å². The molecule has 5 heterocycles. The van der Waals surface area contributed by atoms with Gasteiger partial charge >= 0.3 is 0 Å². The van der Waals surface area contributed by atoms with Gasteiger partial charge in [-0.3, -0.25) is 4.98 Å². The Kier molecular flexibility index (Phi) is 8.68. The molecule has 6 nitrogen and oxygen atoms in total. The zero-order valence-corrected chi connectivity index (χ0v) is 37.7. The molecule has 0 aliphatic carbocycles. The maximum absolute atomic E-state index is 5.51. The normalized spacial score (nSPS) is 11.9. The third-order valence-electron chi connectivity index (χ3n) is 13.8. The van der Waals surface area contributed by atoms with Crippen molar-refractivity contribution < 1.29 is 0 Å². The zero-order valence-electron chi connectivity index (χ0n) is 37.7. The van der Waals surface area contributed by atoms with Crippen LogP contribution in [0, 0.1) is 27.7 Å². The summed E-state index contributed by atoms with van der Waals surface area (Å²) in [5, 5.41) is 5.94. The fraction of sp³-hybridized carbons (Fsp3) is 0.0656. The molecule has 13 aromatic rings. The molecule has 0 fully saturated rings. The molecule has 0 saturated carbocycles. The van der Waals surface area contributed by atoms with Gasteiger partial charge in [0, 0.05) is 49.8 Å². The van der Waals surface area contributed by atoms with E-state index in [9.17, 15) is 0 Å². The number of aromatic nitrogens is 6. The third-order valence-corrected chi connectivity index (χ3v) is 13.8. The molecular formula is C61H44N6. The van der Waals surface area contributed by atoms with Crippen LogP contribution in [0.1, 0.15) is 22.3 Å².